The van der Waals surface area contributed by atoms with Gasteiger partial charge < -0.3 is 0 Å². The summed E-state index contributed by atoms with van der Waals surface area (Å²) in [5, 5.41) is 8.56. The molecule has 1 amide bonds. The molecule has 1 aromatic heterocycles. The Morgan fingerprint density at radius 3 is 2.54 bits per heavy atom. The maximum Gasteiger partial charge on any atom is 0.292 e. The van der Waals surface area contributed by atoms with Crippen LogP contribution < -0.4 is 11.0 Å². The largest absolute Gasteiger partial charge is 0.292 e. The second-order valence-corrected chi connectivity index (χ2v) is 5.59. The maximum absolute atomic E-state index is 13.8. The smallest absolute Gasteiger partial charge is 0.267 e. The molecule has 0 radical (unpaired) electrons. The number of hydrogen-bond acceptors (Lipinski definition) is 4. The van der Waals surface area contributed by atoms with E-state index in [1.54, 1.807) is 24.3 Å². The van der Waals surface area contributed by atoms with E-state index in [0.29, 0.717) is 10.8 Å². The van der Waals surface area contributed by atoms with Crippen LogP contribution in [-0.2, 0) is 7.05 Å². The Kier molecular flexibility index (Phi) is 4.57. The molecule has 26 heavy (non-hydrogen) atoms. The maximum atomic E-state index is 13.8. The van der Waals surface area contributed by atoms with Gasteiger partial charge in [-0.25, -0.2) is 18.9 Å². The van der Waals surface area contributed by atoms with Gasteiger partial charge in [-0.05, 0) is 25.1 Å². The molecule has 1 heterocycles. The predicted molar refractivity (Wildman–Crippen MR) is 93.0 cm³/mol. The number of aryl methyl sites for hydroxylation is 1. The zero-order chi connectivity index (χ0) is 18.8. The van der Waals surface area contributed by atoms with Gasteiger partial charge in [-0.1, -0.05) is 18.2 Å². The van der Waals surface area contributed by atoms with Gasteiger partial charge in [-0.3, -0.25) is 9.59 Å². The first kappa shape index (κ1) is 17.4. The van der Waals surface area contributed by atoms with E-state index in [1.165, 1.54) is 20.0 Å². The van der Waals surface area contributed by atoms with Crippen LogP contribution in [0.25, 0.3) is 10.8 Å². The van der Waals surface area contributed by atoms with Gasteiger partial charge in [0.25, 0.3) is 11.5 Å². The fraction of sp³-hybridized carbons (Fsp3) is 0.111. The minimum atomic E-state index is -0.786. The highest BCUT2D eigenvalue weighted by atomic mass is 19.1. The molecule has 0 fully saturated rings. The van der Waals surface area contributed by atoms with Crippen LogP contribution in [0.5, 0.6) is 0 Å². The average Bonchev–Trinajstić information content (AvgIpc) is 2.62. The van der Waals surface area contributed by atoms with E-state index in [1.807, 2.05) is 0 Å². The lowest BCUT2D eigenvalue weighted by Crippen LogP contribution is -2.27. The third-order valence-electron chi connectivity index (χ3n) is 3.82. The van der Waals surface area contributed by atoms with Crippen molar-refractivity contribution >= 4 is 22.4 Å². The molecule has 0 aliphatic rings. The predicted octanol–water partition coefficient (Wildman–Crippen LogP) is 2.37. The molecular formula is C18H14F2N4O2. The van der Waals surface area contributed by atoms with E-state index in [4.69, 9.17) is 0 Å². The third kappa shape index (κ3) is 3.21. The zero-order valence-electron chi connectivity index (χ0n) is 14.0. The van der Waals surface area contributed by atoms with Crippen molar-refractivity contribution < 1.29 is 13.6 Å². The van der Waals surface area contributed by atoms with Crippen LogP contribution in [0.3, 0.4) is 0 Å². The minimum Gasteiger partial charge on any atom is -0.267 e. The van der Waals surface area contributed by atoms with Gasteiger partial charge in [0.05, 0.1) is 11.1 Å². The van der Waals surface area contributed by atoms with Gasteiger partial charge >= 0.3 is 0 Å². The van der Waals surface area contributed by atoms with Crippen LogP contribution in [-0.4, -0.2) is 21.4 Å². The van der Waals surface area contributed by atoms with Crippen molar-refractivity contribution in [1.29, 1.82) is 0 Å². The van der Waals surface area contributed by atoms with Gasteiger partial charge in [0.2, 0.25) is 0 Å². The standard InChI is InChI=1S/C18H14F2N4O2/c1-10(12-8-7-11(19)9-15(12)20)21-22-17(25)16-13-5-3-4-6-14(13)18(26)24(2)23-16/h3-9H,1-2H3,(H,22,25)/b21-10+. The summed E-state index contributed by atoms with van der Waals surface area (Å²) in [7, 11) is 1.44. The molecule has 0 atom stereocenters. The normalized spacial score (nSPS) is 11.6. The van der Waals surface area contributed by atoms with Gasteiger partial charge in [0.15, 0.2) is 5.69 Å². The van der Waals surface area contributed by atoms with E-state index in [2.05, 4.69) is 15.6 Å². The number of halogens is 2. The number of fused-ring (bicyclic) bond motifs is 1. The van der Waals surface area contributed by atoms with E-state index in [-0.39, 0.29) is 22.5 Å². The molecule has 0 bridgehead atoms. The first-order valence-electron chi connectivity index (χ1n) is 7.64. The van der Waals surface area contributed by atoms with E-state index < -0.39 is 17.5 Å². The number of hydrogen-bond donors (Lipinski definition) is 1. The lowest BCUT2D eigenvalue weighted by molar-refractivity contribution is 0.0949. The average molecular weight is 356 g/mol. The molecule has 2 aromatic carbocycles. The highest BCUT2D eigenvalue weighted by Crippen LogP contribution is 2.13. The Balaban J connectivity index is 1.95. The minimum absolute atomic E-state index is 0.0128. The van der Waals surface area contributed by atoms with Crippen molar-refractivity contribution in [3.8, 4) is 0 Å². The number of aromatic nitrogens is 2. The first-order chi connectivity index (χ1) is 12.4. The number of nitrogens with one attached hydrogen (secondary N) is 1. The SMILES string of the molecule is C/C(=N\NC(=O)c1nn(C)c(=O)c2ccccc12)c1ccc(F)cc1F. The lowest BCUT2D eigenvalue weighted by atomic mass is 10.1. The van der Waals surface area contributed by atoms with E-state index in [0.717, 1.165) is 16.8 Å². The molecule has 8 heteroatoms. The molecule has 1 N–H and O–H groups in total. The molecule has 6 nitrogen and oxygen atoms in total. The summed E-state index contributed by atoms with van der Waals surface area (Å²) < 4.78 is 27.8. The molecule has 0 aliphatic carbocycles. The molecule has 3 aromatic rings. The summed E-state index contributed by atoms with van der Waals surface area (Å²) in [4.78, 5) is 24.5. The highest BCUT2D eigenvalue weighted by molar-refractivity contribution is 6.06. The van der Waals surface area contributed by atoms with Crippen molar-refractivity contribution in [3.05, 3.63) is 75.7 Å². The molecule has 0 unspecified atom stereocenters. The Bertz CT molecular complexity index is 1110. The highest BCUT2D eigenvalue weighted by Gasteiger charge is 2.15. The number of carbonyl (C=O) groups excluding carboxylic acids is 1. The summed E-state index contributed by atoms with van der Waals surface area (Å²) in [6.07, 6.45) is 0. The topological polar surface area (TPSA) is 76.3 Å². The molecule has 0 spiro atoms. The van der Waals surface area contributed by atoms with Crippen molar-refractivity contribution in [2.75, 3.05) is 0 Å². The van der Waals surface area contributed by atoms with Crippen molar-refractivity contribution in [2.24, 2.45) is 12.1 Å². The second-order valence-electron chi connectivity index (χ2n) is 5.59. The number of benzene rings is 2. The van der Waals surface area contributed by atoms with Crippen molar-refractivity contribution in [3.63, 3.8) is 0 Å². The fourth-order valence-corrected chi connectivity index (χ4v) is 2.50. The van der Waals surface area contributed by atoms with Crippen molar-refractivity contribution in [1.82, 2.24) is 15.2 Å². The summed E-state index contributed by atoms with van der Waals surface area (Å²) in [5.74, 6) is -2.14. The molecule has 132 valence electrons. The molecule has 0 saturated carbocycles. The number of hydrazone groups is 1. The summed E-state index contributed by atoms with van der Waals surface area (Å²) in [5.41, 5.74) is 2.19. The second kappa shape index (κ2) is 6.83. The van der Waals surface area contributed by atoms with Gasteiger partial charge in [-0.2, -0.15) is 10.2 Å². The summed E-state index contributed by atoms with van der Waals surface area (Å²) in [6.45, 7) is 1.48. The van der Waals surface area contributed by atoms with Crippen LogP contribution in [0.1, 0.15) is 23.0 Å². The lowest BCUT2D eigenvalue weighted by Gasteiger charge is -2.07. The quantitative estimate of drug-likeness (QED) is 0.578. The Morgan fingerprint density at radius 2 is 1.85 bits per heavy atom. The van der Waals surface area contributed by atoms with Crippen molar-refractivity contribution in [2.45, 2.75) is 6.92 Å². The molecule has 3 rings (SSSR count). The van der Waals surface area contributed by atoms with Crippen LogP contribution in [0.15, 0.2) is 52.4 Å². The van der Waals surface area contributed by atoms with E-state index >= 15 is 0 Å². The van der Waals surface area contributed by atoms with Crippen LogP contribution in [0, 0.1) is 11.6 Å². The number of nitrogens with zero attached hydrogens (tertiary/aromatic N) is 3. The number of amides is 1. The number of rotatable bonds is 3. The van der Waals surface area contributed by atoms with Gasteiger partial charge in [-0.15, -0.1) is 0 Å². The molecule has 0 saturated heterocycles. The van der Waals surface area contributed by atoms with Crippen LogP contribution in [0.4, 0.5) is 8.78 Å². The van der Waals surface area contributed by atoms with Gasteiger partial charge in [0.1, 0.15) is 11.6 Å². The van der Waals surface area contributed by atoms with Gasteiger partial charge in [0, 0.05) is 24.1 Å². The molecule has 0 aliphatic heterocycles. The third-order valence-corrected chi connectivity index (χ3v) is 3.82. The van der Waals surface area contributed by atoms with Crippen LogP contribution >= 0.6 is 0 Å². The summed E-state index contributed by atoms with van der Waals surface area (Å²) >= 11 is 0. The summed E-state index contributed by atoms with van der Waals surface area (Å²) in [6, 6.07) is 9.64. The Hall–Kier alpha value is -3.42. The number of carbonyl (C=O) groups is 1. The Labute approximate surface area is 146 Å². The fourth-order valence-electron chi connectivity index (χ4n) is 2.50. The monoisotopic (exact) mass is 356 g/mol. The van der Waals surface area contributed by atoms with E-state index in [9.17, 15) is 18.4 Å². The first-order valence-corrected chi connectivity index (χ1v) is 7.64. The zero-order valence-corrected chi connectivity index (χ0v) is 14.0. The van der Waals surface area contributed by atoms with Crippen LogP contribution in [0.2, 0.25) is 0 Å². The Morgan fingerprint density at radius 1 is 1.15 bits per heavy atom. The molecular weight excluding hydrogens is 342 g/mol.